The molecule has 0 aliphatic carbocycles. The molecule has 0 saturated carbocycles. The van der Waals surface area contributed by atoms with Gasteiger partial charge in [-0.25, -0.2) is 4.98 Å². The van der Waals surface area contributed by atoms with Crippen molar-refractivity contribution in [2.75, 3.05) is 0 Å². The highest BCUT2D eigenvalue weighted by atomic mass is 14.9. The summed E-state index contributed by atoms with van der Waals surface area (Å²) >= 11 is 0. The van der Waals surface area contributed by atoms with Crippen LogP contribution in [0.5, 0.6) is 0 Å². The molecule has 0 fully saturated rings. The van der Waals surface area contributed by atoms with Crippen molar-refractivity contribution in [3.63, 3.8) is 0 Å². The van der Waals surface area contributed by atoms with E-state index in [4.69, 9.17) is 0 Å². The lowest BCUT2D eigenvalue weighted by molar-refractivity contribution is 0.643. The molecule has 0 atom stereocenters. The van der Waals surface area contributed by atoms with Crippen LogP contribution in [0.4, 0.5) is 0 Å². The number of imidazole rings is 1. The first-order valence-corrected chi connectivity index (χ1v) is 5.79. The van der Waals surface area contributed by atoms with E-state index in [0.717, 1.165) is 12.8 Å². The summed E-state index contributed by atoms with van der Waals surface area (Å²) in [7, 11) is 0. The van der Waals surface area contributed by atoms with Crippen LogP contribution >= 0.6 is 0 Å². The summed E-state index contributed by atoms with van der Waals surface area (Å²) in [5.74, 6) is 0.697. The monoisotopic (exact) mass is 214 g/mol. The molecule has 1 heterocycles. The number of H-pyrrole nitrogens is 1. The molecule has 0 saturated heterocycles. The highest BCUT2D eigenvalue weighted by Gasteiger charge is 2.05. The maximum atomic E-state index is 4.05. The number of nitrogens with zero attached hydrogens (tertiary/aromatic N) is 1. The Balaban J connectivity index is 2.19. The van der Waals surface area contributed by atoms with E-state index in [9.17, 15) is 0 Å². The summed E-state index contributed by atoms with van der Waals surface area (Å²) in [5, 5.41) is 0. The molecule has 1 aromatic heterocycles. The normalized spacial score (nSPS) is 10.9. The summed E-state index contributed by atoms with van der Waals surface area (Å²) in [6.07, 6.45) is 5.72. The molecule has 0 unspecified atom stereocenters. The fourth-order valence-electron chi connectivity index (χ4n) is 1.96. The lowest BCUT2D eigenvalue weighted by atomic mass is 9.96. The second-order valence-electron chi connectivity index (χ2n) is 4.62. The molecule has 2 heteroatoms. The van der Waals surface area contributed by atoms with Gasteiger partial charge < -0.3 is 4.98 Å². The van der Waals surface area contributed by atoms with Crippen molar-refractivity contribution in [1.82, 2.24) is 9.97 Å². The van der Waals surface area contributed by atoms with Crippen LogP contribution in [-0.2, 0) is 12.8 Å². The zero-order valence-electron chi connectivity index (χ0n) is 9.90. The van der Waals surface area contributed by atoms with Crippen molar-refractivity contribution in [2.24, 2.45) is 5.92 Å². The number of hydrogen-bond donors (Lipinski definition) is 1. The Morgan fingerprint density at radius 1 is 1.19 bits per heavy atom. The maximum Gasteiger partial charge on any atom is 0.0921 e. The largest absolute Gasteiger partial charge is 0.348 e. The molecule has 1 N–H and O–H groups in total. The van der Waals surface area contributed by atoms with E-state index in [2.05, 4.69) is 48.1 Å². The smallest absolute Gasteiger partial charge is 0.0921 e. The van der Waals surface area contributed by atoms with Crippen LogP contribution in [-0.4, -0.2) is 9.97 Å². The van der Waals surface area contributed by atoms with E-state index in [-0.39, 0.29) is 0 Å². The first-order chi connectivity index (χ1) is 7.75. The lowest BCUT2D eigenvalue weighted by Crippen LogP contribution is -2.00. The van der Waals surface area contributed by atoms with Crippen LogP contribution in [0.1, 0.15) is 30.7 Å². The van der Waals surface area contributed by atoms with E-state index in [1.54, 1.807) is 6.33 Å². The zero-order chi connectivity index (χ0) is 11.4. The van der Waals surface area contributed by atoms with Crippen molar-refractivity contribution in [3.05, 3.63) is 53.6 Å². The molecule has 84 valence electrons. The van der Waals surface area contributed by atoms with Crippen LogP contribution in [0.3, 0.4) is 0 Å². The fraction of sp³-hybridized carbons (Fsp3) is 0.357. The predicted molar refractivity (Wildman–Crippen MR) is 66.4 cm³/mol. The number of nitrogens with one attached hydrogen (secondary N) is 1. The fourth-order valence-corrected chi connectivity index (χ4v) is 1.96. The zero-order valence-corrected chi connectivity index (χ0v) is 9.90. The minimum atomic E-state index is 0.697. The van der Waals surface area contributed by atoms with Crippen LogP contribution in [0.25, 0.3) is 0 Å². The van der Waals surface area contributed by atoms with E-state index < -0.39 is 0 Å². The van der Waals surface area contributed by atoms with Crippen LogP contribution < -0.4 is 0 Å². The van der Waals surface area contributed by atoms with Crippen molar-refractivity contribution in [2.45, 2.75) is 26.7 Å². The Kier molecular flexibility index (Phi) is 3.40. The third kappa shape index (κ3) is 2.72. The van der Waals surface area contributed by atoms with E-state index in [0.29, 0.717) is 5.92 Å². The average molecular weight is 214 g/mol. The van der Waals surface area contributed by atoms with Gasteiger partial charge >= 0.3 is 0 Å². The summed E-state index contributed by atoms with van der Waals surface area (Å²) < 4.78 is 0. The average Bonchev–Trinajstić information content (AvgIpc) is 2.73. The molecule has 0 aliphatic rings. The second-order valence-corrected chi connectivity index (χ2v) is 4.62. The number of rotatable bonds is 4. The number of aromatic nitrogens is 2. The lowest BCUT2D eigenvalue weighted by Gasteiger charge is -2.10. The molecule has 2 nitrogen and oxygen atoms in total. The van der Waals surface area contributed by atoms with E-state index in [1.165, 1.54) is 16.8 Å². The SMILES string of the molecule is CC(C)Cc1ccccc1Cc1cnc[nH]1. The standard InChI is InChI=1S/C14H18N2/c1-11(2)7-12-5-3-4-6-13(12)8-14-9-15-10-16-14/h3-6,9-11H,7-8H2,1-2H3,(H,15,16). The van der Waals surface area contributed by atoms with Gasteiger partial charge in [-0.3, -0.25) is 0 Å². The van der Waals surface area contributed by atoms with Gasteiger partial charge in [0, 0.05) is 18.3 Å². The molecule has 16 heavy (non-hydrogen) atoms. The van der Waals surface area contributed by atoms with Crippen LogP contribution in [0.2, 0.25) is 0 Å². The van der Waals surface area contributed by atoms with Gasteiger partial charge in [-0.2, -0.15) is 0 Å². The topological polar surface area (TPSA) is 28.7 Å². The number of aromatic amines is 1. The maximum absolute atomic E-state index is 4.05. The molecule has 0 amide bonds. The van der Waals surface area contributed by atoms with Crippen molar-refractivity contribution in [1.29, 1.82) is 0 Å². The molecular weight excluding hydrogens is 196 g/mol. The molecule has 1 aromatic carbocycles. The Morgan fingerprint density at radius 2 is 1.94 bits per heavy atom. The molecular formula is C14H18N2. The Morgan fingerprint density at radius 3 is 2.56 bits per heavy atom. The summed E-state index contributed by atoms with van der Waals surface area (Å²) in [5.41, 5.74) is 4.03. The van der Waals surface area contributed by atoms with E-state index >= 15 is 0 Å². The van der Waals surface area contributed by atoms with Crippen molar-refractivity contribution >= 4 is 0 Å². The van der Waals surface area contributed by atoms with Crippen molar-refractivity contribution < 1.29 is 0 Å². The van der Waals surface area contributed by atoms with E-state index in [1.807, 2.05) is 6.20 Å². The van der Waals surface area contributed by atoms with Gasteiger partial charge in [0.25, 0.3) is 0 Å². The quantitative estimate of drug-likeness (QED) is 0.832. The molecule has 0 aliphatic heterocycles. The Labute approximate surface area is 96.7 Å². The van der Waals surface area contributed by atoms with Gasteiger partial charge in [0.05, 0.1) is 6.33 Å². The number of hydrogen-bond acceptors (Lipinski definition) is 1. The van der Waals surface area contributed by atoms with Gasteiger partial charge in [0.1, 0.15) is 0 Å². The minimum Gasteiger partial charge on any atom is -0.348 e. The predicted octanol–water partition coefficient (Wildman–Crippen LogP) is 3.20. The molecule has 0 radical (unpaired) electrons. The molecule has 2 rings (SSSR count). The second kappa shape index (κ2) is 4.97. The molecule has 0 spiro atoms. The Hall–Kier alpha value is -1.57. The summed E-state index contributed by atoms with van der Waals surface area (Å²) in [6.45, 7) is 4.51. The van der Waals surface area contributed by atoms with Crippen molar-refractivity contribution in [3.8, 4) is 0 Å². The van der Waals surface area contributed by atoms with Gasteiger partial charge in [0.15, 0.2) is 0 Å². The van der Waals surface area contributed by atoms with Gasteiger partial charge in [-0.05, 0) is 23.5 Å². The first kappa shape index (κ1) is 10.9. The van der Waals surface area contributed by atoms with Gasteiger partial charge in [-0.15, -0.1) is 0 Å². The van der Waals surface area contributed by atoms with Crippen LogP contribution in [0, 0.1) is 5.92 Å². The highest BCUT2D eigenvalue weighted by molar-refractivity contribution is 5.30. The Bertz CT molecular complexity index is 430. The minimum absolute atomic E-state index is 0.697. The summed E-state index contributed by atoms with van der Waals surface area (Å²) in [4.78, 5) is 7.21. The van der Waals surface area contributed by atoms with Gasteiger partial charge in [0.2, 0.25) is 0 Å². The molecule has 0 bridgehead atoms. The van der Waals surface area contributed by atoms with Gasteiger partial charge in [-0.1, -0.05) is 38.1 Å². The highest BCUT2D eigenvalue weighted by Crippen LogP contribution is 2.16. The first-order valence-electron chi connectivity index (χ1n) is 5.79. The third-order valence-electron chi connectivity index (χ3n) is 2.68. The summed E-state index contributed by atoms with van der Waals surface area (Å²) in [6, 6.07) is 8.66. The third-order valence-corrected chi connectivity index (χ3v) is 2.68. The molecule has 2 aromatic rings. The number of benzene rings is 1. The van der Waals surface area contributed by atoms with Crippen LogP contribution in [0.15, 0.2) is 36.8 Å².